The van der Waals surface area contributed by atoms with Crippen molar-refractivity contribution >= 4 is 29.7 Å². The summed E-state index contributed by atoms with van der Waals surface area (Å²) in [6, 6.07) is 0. The number of rotatable bonds is 6. The Labute approximate surface area is 137 Å². The third kappa shape index (κ3) is 84.4. The molecule has 108 valence electrons. The second-order valence-corrected chi connectivity index (χ2v) is 8.67. The van der Waals surface area contributed by atoms with Crippen LogP contribution in [0.15, 0.2) is 0 Å². The quantitative estimate of drug-likeness (QED) is 0.205. The van der Waals surface area contributed by atoms with E-state index >= 15 is 0 Å². The van der Waals surface area contributed by atoms with E-state index in [1.54, 1.807) is 0 Å². The Hall–Kier alpha value is 1.54. The van der Waals surface area contributed by atoms with Gasteiger partial charge in [0, 0.05) is 0 Å². The largest absolute Gasteiger partial charge is 2.00 e. The van der Waals surface area contributed by atoms with E-state index in [4.69, 9.17) is 9.79 Å². The summed E-state index contributed by atoms with van der Waals surface area (Å²) < 4.78 is 0. The van der Waals surface area contributed by atoms with Crippen molar-refractivity contribution in [2.75, 3.05) is 0 Å². The molecule has 0 heterocycles. The molecule has 0 rings (SSSR count). The van der Waals surface area contributed by atoms with Crippen molar-refractivity contribution in [3.8, 4) is 0 Å². The molecule has 0 bridgehead atoms. The van der Waals surface area contributed by atoms with Crippen LogP contribution in [0.25, 0.3) is 0 Å². The Morgan fingerprint density at radius 2 is 1.17 bits per heavy atom. The minimum Gasteiger partial charge on any atom is -0.343 e. The molecule has 2 N–H and O–H groups in total. The number of hydrogen-bond donors (Lipinski definition) is 3. The first kappa shape index (κ1) is 27.8. The van der Waals surface area contributed by atoms with Crippen LogP contribution < -0.4 is 0 Å². The van der Waals surface area contributed by atoms with Gasteiger partial charge in [-0.3, -0.25) is 0 Å². The molecule has 0 saturated heterocycles. The van der Waals surface area contributed by atoms with E-state index < -0.39 is 5.69 Å². The maximum Gasteiger partial charge on any atom is 2.00 e. The Balaban J connectivity index is -0.0000000799. The maximum absolute atomic E-state index is 7.87. The van der Waals surface area contributed by atoms with Gasteiger partial charge in [0.15, 0.2) is 0 Å². The molecule has 0 fully saturated rings. The summed E-state index contributed by atoms with van der Waals surface area (Å²) in [6.45, 7) is 11.9. The standard InChI is InChI=1S/2C6H13.H3O2PS2.Zn/c2*1-3-5-6-4-2;1-3(2,4)5;/h2*1,3-6H2,2H3;(H3,1,2,4,5);/q2*-1;;+2. The van der Waals surface area contributed by atoms with Crippen LogP contribution in [-0.2, 0) is 31.3 Å². The summed E-state index contributed by atoms with van der Waals surface area (Å²) in [5, 5.41) is 0. The fourth-order valence-corrected chi connectivity index (χ4v) is 0.854. The van der Waals surface area contributed by atoms with E-state index in [9.17, 15) is 0 Å². The first-order valence-electron chi connectivity index (χ1n) is 6.20. The summed E-state index contributed by atoms with van der Waals surface area (Å²) in [5.41, 5.74) is -3.11. The molecular formula is C12H29O2PS2Zn. The molecule has 0 spiro atoms. The minimum absolute atomic E-state index is 0. The summed E-state index contributed by atoms with van der Waals surface area (Å²) in [7, 11) is 0. The first-order chi connectivity index (χ1) is 7.83. The zero-order chi connectivity index (χ0) is 14.2. The molecule has 6 heteroatoms. The van der Waals surface area contributed by atoms with Crippen LogP contribution in [0, 0.1) is 13.8 Å². The number of hydrogen-bond acceptors (Lipinski definition) is 1. The van der Waals surface area contributed by atoms with Gasteiger partial charge in [-0.1, -0.05) is 64.6 Å². The Kier molecular flexibility index (Phi) is 36.5. The van der Waals surface area contributed by atoms with E-state index in [-0.39, 0.29) is 19.5 Å². The van der Waals surface area contributed by atoms with E-state index in [1.165, 1.54) is 38.5 Å². The van der Waals surface area contributed by atoms with Gasteiger partial charge in [-0.2, -0.15) is 12.8 Å². The summed E-state index contributed by atoms with van der Waals surface area (Å²) in [4.78, 5) is 15.7. The van der Waals surface area contributed by atoms with Gasteiger partial charge < -0.3 is 23.6 Å². The Morgan fingerprint density at radius 1 is 0.944 bits per heavy atom. The van der Waals surface area contributed by atoms with Crippen LogP contribution in [0.2, 0.25) is 0 Å². The zero-order valence-corrected chi connectivity index (χ0v) is 17.5. The van der Waals surface area contributed by atoms with Crippen molar-refractivity contribution in [1.29, 1.82) is 0 Å². The topological polar surface area (TPSA) is 40.5 Å². The molecule has 0 unspecified atom stereocenters. The van der Waals surface area contributed by atoms with Crippen molar-refractivity contribution in [1.82, 2.24) is 0 Å². The van der Waals surface area contributed by atoms with E-state index in [1.807, 2.05) is 0 Å². The molecule has 0 saturated carbocycles. The van der Waals surface area contributed by atoms with Crippen molar-refractivity contribution in [2.45, 2.75) is 65.2 Å². The molecule has 0 aliphatic rings. The molecule has 0 aromatic carbocycles. The van der Waals surface area contributed by atoms with Crippen LogP contribution in [0.5, 0.6) is 0 Å². The molecule has 0 aromatic rings. The summed E-state index contributed by atoms with van der Waals surface area (Å²) in [5.74, 6) is 0. The average Bonchev–Trinajstić information content (AvgIpc) is 2.22. The van der Waals surface area contributed by atoms with E-state index in [0.717, 1.165) is 12.8 Å². The maximum atomic E-state index is 7.87. The second kappa shape index (κ2) is 23.6. The average molecular weight is 366 g/mol. The van der Waals surface area contributed by atoms with Crippen molar-refractivity contribution in [3.05, 3.63) is 13.8 Å². The van der Waals surface area contributed by atoms with Crippen LogP contribution in [0.4, 0.5) is 0 Å². The Bertz CT molecular complexity index is 142. The first-order valence-corrected chi connectivity index (χ1v) is 10.1. The molecule has 0 radical (unpaired) electrons. The monoisotopic (exact) mass is 364 g/mol. The van der Waals surface area contributed by atoms with E-state index in [0.29, 0.717) is 0 Å². The smallest absolute Gasteiger partial charge is 0.343 e. The van der Waals surface area contributed by atoms with Gasteiger partial charge in [0.05, 0.1) is 0 Å². The zero-order valence-electron chi connectivity index (χ0n) is 12.0. The second-order valence-electron chi connectivity index (χ2n) is 3.63. The molecule has 2 nitrogen and oxygen atoms in total. The molecule has 18 heavy (non-hydrogen) atoms. The van der Waals surface area contributed by atoms with Crippen molar-refractivity contribution in [3.63, 3.8) is 0 Å². The number of thiol groups is 1. The molecule has 0 aliphatic heterocycles. The third-order valence-corrected chi connectivity index (χ3v) is 1.71. The van der Waals surface area contributed by atoms with Crippen LogP contribution >= 0.6 is 17.9 Å². The van der Waals surface area contributed by atoms with Gasteiger partial charge >= 0.3 is 19.5 Å². The molecule has 0 aliphatic carbocycles. The summed E-state index contributed by atoms with van der Waals surface area (Å²) in [6.07, 6.45) is 10.1. The van der Waals surface area contributed by atoms with Crippen LogP contribution in [-0.4, -0.2) is 9.79 Å². The minimum atomic E-state index is -3.11. The predicted molar refractivity (Wildman–Crippen MR) is 86.7 cm³/mol. The third-order valence-electron chi connectivity index (χ3n) is 1.71. The van der Waals surface area contributed by atoms with Gasteiger partial charge in [0.25, 0.3) is 0 Å². The normalized spacial score (nSPS) is 9.28. The van der Waals surface area contributed by atoms with E-state index in [2.05, 4.69) is 51.8 Å². The van der Waals surface area contributed by atoms with Crippen molar-refractivity contribution in [2.24, 2.45) is 0 Å². The van der Waals surface area contributed by atoms with Gasteiger partial charge in [-0.25, -0.2) is 0 Å². The Morgan fingerprint density at radius 3 is 1.22 bits per heavy atom. The predicted octanol–water partition coefficient (Wildman–Crippen LogP) is 4.92. The fourth-order valence-electron chi connectivity index (χ4n) is 0.854. The molecule has 0 atom stereocenters. The van der Waals surface area contributed by atoms with Crippen LogP contribution in [0.1, 0.15) is 65.2 Å². The molecule has 0 aromatic heterocycles. The van der Waals surface area contributed by atoms with Gasteiger partial charge in [0.2, 0.25) is 5.69 Å². The van der Waals surface area contributed by atoms with Gasteiger partial charge in [-0.15, -0.1) is 0 Å². The number of unbranched alkanes of at least 4 members (excludes halogenated alkanes) is 6. The SMILES string of the molecule is OP(O)(=S)S.[CH2-]CCCCC.[CH2-]CCCCC.[Zn+2]. The fraction of sp³-hybridized carbons (Fsp3) is 0.833. The van der Waals surface area contributed by atoms with Gasteiger partial charge in [0.1, 0.15) is 0 Å². The summed E-state index contributed by atoms with van der Waals surface area (Å²) >= 11 is 7.07. The molecule has 0 amide bonds. The van der Waals surface area contributed by atoms with Crippen molar-refractivity contribution < 1.29 is 29.3 Å². The van der Waals surface area contributed by atoms with Gasteiger partial charge in [-0.05, 0) is 11.8 Å². The van der Waals surface area contributed by atoms with Crippen LogP contribution in [0.3, 0.4) is 0 Å². The molecular weight excluding hydrogens is 337 g/mol.